The van der Waals surface area contributed by atoms with Crippen LogP contribution in [0.5, 0.6) is 0 Å². The van der Waals surface area contributed by atoms with Gasteiger partial charge in [0, 0.05) is 38.1 Å². The molecule has 19 heavy (non-hydrogen) atoms. The summed E-state index contributed by atoms with van der Waals surface area (Å²) < 4.78 is 6.98. The van der Waals surface area contributed by atoms with Gasteiger partial charge in [0.2, 0.25) is 5.91 Å². The van der Waals surface area contributed by atoms with Crippen LogP contribution in [-0.4, -0.2) is 59.5 Å². The number of carbonyl (C=O) groups excluding carboxylic acids is 1. The van der Waals surface area contributed by atoms with Gasteiger partial charge in [0.1, 0.15) is 6.04 Å². The number of morpholine rings is 1. The maximum Gasteiger partial charge on any atom is 0.244 e. The van der Waals surface area contributed by atoms with Crippen molar-refractivity contribution in [2.75, 3.05) is 32.8 Å². The largest absolute Gasteiger partial charge is 0.379 e. The van der Waals surface area contributed by atoms with E-state index < -0.39 is 0 Å². The third-order valence-corrected chi connectivity index (χ3v) is 3.54. The summed E-state index contributed by atoms with van der Waals surface area (Å²) in [4.78, 5) is 14.3. The van der Waals surface area contributed by atoms with Crippen LogP contribution in [0.15, 0.2) is 18.5 Å². The number of aromatic nitrogens is 2. The summed E-state index contributed by atoms with van der Waals surface area (Å²) in [5.74, 6) is 0.00353. The summed E-state index contributed by atoms with van der Waals surface area (Å²) in [6.07, 6.45) is 3.48. The fourth-order valence-corrected chi connectivity index (χ4v) is 2.17. The van der Waals surface area contributed by atoms with Gasteiger partial charge in [-0.3, -0.25) is 14.4 Å². The Bertz CT molecular complexity index is 387. The molecule has 1 aliphatic heterocycles. The minimum atomic E-state index is -0.271. The van der Waals surface area contributed by atoms with Crippen LogP contribution in [0.3, 0.4) is 0 Å². The molecule has 1 aromatic rings. The SMILES string of the molecule is CC(CNC(=O)C(C)n1cccn1)N1CCOCC1. The first kappa shape index (κ1) is 14.0. The Morgan fingerprint density at radius 3 is 2.79 bits per heavy atom. The molecular formula is C13H22N4O2. The molecule has 0 saturated carbocycles. The quantitative estimate of drug-likeness (QED) is 0.831. The highest BCUT2D eigenvalue weighted by atomic mass is 16.5. The molecule has 1 fully saturated rings. The number of ether oxygens (including phenoxy) is 1. The van der Waals surface area contributed by atoms with Crippen LogP contribution in [0.2, 0.25) is 0 Å². The predicted octanol–water partition coefficient (Wildman–Crippen LogP) is 0.281. The van der Waals surface area contributed by atoms with E-state index >= 15 is 0 Å². The molecule has 6 nitrogen and oxygen atoms in total. The van der Waals surface area contributed by atoms with Gasteiger partial charge < -0.3 is 10.1 Å². The molecule has 2 heterocycles. The zero-order valence-electron chi connectivity index (χ0n) is 11.6. The van der Waals surface area contributed by atoms with Gasteiger partial charge in [-0.1, -0.05) is 0 Å². The number of nitrogens with one attached hydrogen (secondary N) is 1. The Morgan fingerprint density at radius 1 is 1.42 bits per heavy atom. The van der Waals surface area contributed by atoms with E-state index in [2.05, 4.69) is 22.2 Å². The minimum absolute atomic E-state index is 0.00353. The summed E-state index contributed by atoms with van der Waals surface area (Å²) in [5, 5.41) is 7.07. The van der Waals surface area contributed by atoms with Gasteiger partial charge in [-0.25, -0.2) is 0 Å². The summed E-state index contributed by atoms with van der Waals surface area (Å²) >= 11 is 0. The van der Waals surface area contributed by atoms with E-state index in [1.807, 2.05) is 13.0 Å². The maximum atomic E-state index is 12.0. The predicted molar refractivity (Wildman–Crippen MR) is 71.8 cm³/mol. The lowest BCUT2D eigenvalue weighted by Gasteiger charge is -2.32. The van der Waals surface area contributed by atoms with Crippen molar-refractivity contribution >= 4 is 5.91 Å². The van der Waals surface area contributed by atoms with Gasteiger partial charge in [0.05, 0.1) is 13.2 Å². The van der Waals surface area contributed by atoms with Crippen LogP contribution in [0.4, 0.5) is 0 Å². The highest BCUT2D eigenvalue weighted by Crippen LogP contribution is 2.05. The Morgan fingerprint density at radius 2 is 2.16 bits per heavy atom. The second-order valence-corrected chi connectivity index (χ2v) is 4.90. The van der Waals surface area contributed by atoms with E-state index in [1.165, 1.54) is 0 Å². The van der Waals surface area contributed by atoms with Gasteiger partial charge in [0.15, 0.2) is 0 Å². The van der Waals surface area contributed by atoms with Crippen molar-refractivity contribution in [3.05, 3.63) is 18.5 Å². The van der Waals surface area contributed by atoms with Crippen molar-refractivity contribution in [2.24, 2.45) is 0 Å². The standard InChI is InChI=1S/C13H22N4O2/c1-11(16-6-8-19-9-7-16)10-14-13(18)12(2)17-5-3-4-15-17/h3-5,11-12H,6-10H2,1-2H3,(H,14,18). The molecule has 1 N–H and O–H groups in total. The van der Waals surface area contributed by atoms with E-state index in [-0.39, 0.29) is 11.9 Å². The molecule has 0 spiro atoms. The van der Waals surface area contributed by atoms with Crippen LogP contribution >= 0.6 is 0 Å². The molecule has 0 radical (unpaired) electrons. The fourth-order valence-electron chi connectivity index (χ4n) is 2.17. The van der Waals surface area contributed by atoms with Gasteiger partial charge in [-0.15, -0.1) is 0 Å². The van der Waals surface area contributed by atoms with Gasteiger partial charge in [-0.05, 0) is 19.9 Å². The van der Waals surface area contributed by atoms with Crippen molar-refractivity contribution in [3.8, 4) is 0 Å². The number of amides is 1. The second-order valence-electron chi connectivity index (χ2n) is 4.90. The first-order chi connectivity index (χ1) is 9.18. The molecule has 1 aliphatic rings. The third kappa shape index (κ3) is 3.78. The van der Waals surface area contributed by atoms with Gasteiger partial charge >= 0.3 is 0 Å². The molecule has 0 bridgehead atoms. The number of hydrogen-bond acceptors (Lipinski definition) is 4. The zero-order chi connectivity index (χ0) is 13.7. The van der Waals surface area contributed by atoms with Crippen LogP contribution < -0.4 is 5.32 Å². The Labute approximate surface area is 113 Å². The van der Waals surface area contributed by atoms with Crippen molar-refractivity contribution < 1.29 is 9.53 Å². The molecule has 2 rings (SSSR count). The van der Waals surface area contributed by atoms with E-state index in [1.54, 1.807) is 17.1 Å². The Kier molecular flexibility index (Phi) is 4.93. The van der Waals surface area contributed by atoms with Crippen molar-refractivity contribution in [1.29, 1.82) is 0 Å². The molecule has 6 heteroatoms. The lowest BCUT2D eigenvalue weighted by Crippen LogP contribution is -2.48. The number of hydrogen-bond donors (Lipinski definition) is 1. The van der Waals surface area contributed by atoms with Crippen molar-refractivity contribution in [2.45, 2.75) is 25.9 Å². The maximum absolute atomic E-state index is 12.0. The highest BCUT2D eigenvalue weighted by molar-refractivity contribution is 5.79. The Balaban J connectivity index is 1.76. The average molecular weight is 266 g/mol. The summed E-state index contributed by atoms with van der Waals surface area (Å²) in [7, 11) is 0. The summed E-state index contributed by atoms with van der Waals surface area (Å²) in [6, 6.07) is 1.88. The number of carbonyl (C=O) groups is 1. The van der Waals surface area contributed by atoms with Crippen LogP contribution in [-0.2, 0) is 9.53 Å². The van der Waals surface area contributed by atoms with Crippen LogP contribution in [0.1, 0.15) is 19.9 Å². The van der Waals surface area contributed by atoms with E-state index in [4.69, 9.17) is 4.74 Å². The molecule has 2 unspecified atom stereocenters. The monoisotopic (exact) mass is 266 g/mol. The van der Waals surface area contributed by atoms with Gasteiger partial charge in [-0.2, -0.15) is 5.10 Å². The normalized spacial score (nSPS) is 19.9. The van der Waals surface area contributed by atoms with E-state index in [9.17, 15) is 4.79 Å². The second kappa shape index (κ2) is 6.68. The topological polar surface area (TPSA) is 59.4 Å². The van der Waals surface area contributed by atoms with E-state index in [0.29, 0.717) is 12.6 Å². The van der Waals surface area contributed by atoms with Crippen LogP contribution in [0, 0.1) is 0 Å². The highest BCUT2D eigenvalue weighted by Gasteiger charge is 2.19. The molecule has 106 valence electrons. The molecule has 0 aliphatic carbocycles. The first-order valence-electron chi connectivity index (χ1n) is 6.77. The smallest absolute Gasteiger partial charge is 0.244 e. The third-order valence-electron chi connectivity index (χ3n) is 3.54. The van der Waals surface area contributed by atoms with Crippen LogP contribution in [0.25, 0.3) is 0 Å². The molecule has 0 aromatic carbocycles. The molecule has 2 atom stereocenters. The Hall–Kier alpha value is -1.40. The fraction of sp³-hybridized carbons (Fsp3) is 0.692. The molecule has 1 aromatic heterocycles. The molecule has 1 saturated heterocycles. The minimum Gasteiger partial charge on any atom is -0.379 e. The average Bonchev–Trinajstić information content (AvgIpc) is 2.98. The molecule has 1 amide bonds. The zero-order valence-corrected chi connectivity index (χ0v) is 11.6. The number of nitrogens with zero attached hydrogens (tertiary/aromatic N) is 3. The summed E-state index contributed by atoms with van der Waals surface area (Å²) in [6.45, 7) is 8.07. The summed E-state index contributed by atoms with van der Waals surface area (Å²) in [5.41, 5.74) is 0. The first-order valence-corrected chi connectivity index (χ1v) is 6.77. The number of rotatable bonds is 5. The van der Waals surface area contributed by atoms with Crippen molar-refractivity contribution in [3.63, 3.8) is 0 Å². The van der Waals surface area contributed by atoms with Gasteiger partial charge in [0.25, 0.3) is 0 Å². The van der Waals surface area contributed by atoms with Crippen molar-refractivity contribution in [1.82, 2.24) is 20.0 Å². The molecular weight excluding hydrogens is 244 g/mol. The van der Waals surface area contributed by atoms with E-state index in [0.717, 1.165) is 26.3 Å². The lowest BCUT2D eigenvalue weighted by molar-refractivity contribution is -0.124. The lowest BCUT2D eigenvalue weighted by atomic mass is 10.2.